The third-order valence-electron chi connectivity index (χ3n) is 3.43. The van der Waals surface area contributed by atoms with E-state index in [1.165, 1.54) is 9.13 Å². The first-order valence-electron chi connectivity index (χ1n) is 6.42. The third-order valence-corrected chi connectivity index (χ3v) is 4.41. The number of nitrogens with zero attached hydrogens (tertiary/aromatic N) is 1. The molecule has 1 amide bonds. The lowest BCUT2D eigenvalue weighted by atomic mass is 10.0. The molecule has 1 atom stereocenters. The highest BCUT2D eigenvalue weighted by Crippen LogP contribution is 2.34. The Balaban J connectivity index is 2.12. The van der Waals surface area contributed by atoms with E-state index < -0.39 is 0 Å². The molecular weight excluding hydrogens is 339 g/mol. The molecule has 1 aromatic carbocycles. The van der Waals surface area contributed by atoms with Gasteiger partial charge in [-0.15, -0.1) is 0 Å². The van der Waals surface area contributed by atoms with E-state index in [0.29, 0.717) is 6.42 Å². The zero-order chi connectivity index (χ0) is 13.0. The summed E-state index contributed by atoms with van der Waals surface area (Å²) in [5, 5.41) is 3.04. The van der Waals surface area contributed by atoms with Crippen molar-refractivity contribution in [3.8, 4) is 0 Å². The van der Waals surface area contributed by atoms with E-state index >= 15 is 0 Å². The lowest BCUT2D eigenvalue weighted by molar-refractivity contribution is -0.132. The smallest absolute Gasteiger partial charge is 0.224 e. The van der Waals surface area contributed by atoms with Gasteiger partial charge in [-0.2, -0.15) is 0 Å². The molecule has 0 aliphatic carbocycles. The van der Waals surface area contributed by atoms with E-state index in [1.807, 2.05) is 13.1 Å². The summed E-state index contributed by atoms with van der Waals surface area (Å²) < 4.78 is 1.26. The fraction of sp³-hybridized carbons (Fsp3) is 0.500. The van der Waals surface area contributed by atoms with Crippen LogP contribution in [0.4, 0.5) is 0 Å². The minimum absolute atomic E-state index is 0.270. The van der Waals surface area contributed by atoms with Crippen LogP contribution in [0.1, 0.15) is 30.9 Å². The van der Waals surface area contributed by atoms with Crippen molar-refractivity contribution in [2.24, 2.45) is 0 Å². The molecule has 3 nitrogen and oxygen atoms in total. The Morgan fingerprint density at radius 1 is 1.50 bits per heavy atom. The van der Waals surface area contributed by atoms with Gasteiger partial charge in [-0.25, -0.2) is 0 Å². The van der Waals surface area contributed by atoms with E-state index in [2.05, 4.69) is 51.0 Å². The lowest BCUT2D eigenvalue weighted by Gasteiger charge is -2.26. The predicted octanol–water partition coefficient (Wildman–Crippen LogP) is 2.56. The standard InChI is InChI=1S/C14H19IN2O/c1-16-9-8-14(18)17-10-4-7-13(17)11-5-2-3-6-12(11)15/h2-3,5-6,13,16H,4,7-10H2,1H3. The second-order valence-corrected chi connectivity index (χ2v) is 5.78. The number of hydrogen-bond acceptors (Lipinski definition) is 2. The fourth-order valence-corrected chi connectivity index (χ4v) is 3.26. The molecular formula is C14H19IN2O. The van der Waals surface area contributed by atoms with Crippen LogP contribution in [0.25, 0.3) is 0 Å². The van der Waals surface area contributed by atoms with Crippen LogP contribution in [-0.4, -0.2) is 30.9 Å². The molecule has 1 fully saturated rings. The SMILES string of the molecule is CNCCC(=O)N1CCCC1c1ccccc1I. The van der Waals surface area contributed by atoms with E-state index in [9.17, 15) is 4.79 Å². The van der Waals surface area contributed by atoms with Crippen LogP contribution < -0.4 is 5.32 Å². The van der Waals surface area contributed by atoms with Crippen LogP contribution in [0, 0.1) is 3.57 Å². The maximum absolute atomic E-state index is 12.2. The van der Waals surface area contributed by atoms with Crippen molar-refractivity contribution in [3.05, 3.63) is 33.4 Å². The van der Waals surface area contributed by atoms with Crippen LogP contribution >= 0.6 is 22.6 Å². The number of likely N-dealkylation sites (tertiary alicyclic amines) is 1. The number of benzene rings is 1. The summed E-state index contributed by atoms with van der Waals surface area (Å²) in [5.41, 5.74) is 1.30. The molecule has 98 valence electrons. The molecule has 0 spiro atoms. The van der Waals surface area contributed by atoms with Gasteiger partial charge in [0.25, 0.3) is 0 Å². The highest BCUT2D eigenvalue weighted by molar-refractivity contribution is 14.1. The second kappa shape index (κ2) is 6.52. The minimum atomic E-state index is 0.270. The van der Waals surface area contributed by atoms with Crippen molar-refractivity contribution < 1.29 is 4.79 Å². The first kappa shape index (κ1) is 13.8. The van der Waals surface area contributed by atoms with Gasteiger partial charge in [-0.3, -0.25) is 4.79 Å². The number of rotatable bonds is 4. The molecule has 1 unspecified atom stereocenters. The summed E-state index contributed by atoms with van der Waals surface area (Å²) in [6.45, 7) is 1.66. The Hall–Kier alpha value is -0.620. The first-order valence-corrected chi connectivity index (χ1v) is 7.50. The number of halogens is 1. The van der Waals surface area contributed by atoms with Gasteiger partial charge in [0, 0.05) is 23.1 Å². The molecule has 4 heteroatoms. The molecule has 0 bridgehead atoms. The summed E-state index contributed by atoms with van der Waals surface area (Å²) in [4.78, 5) is 14.2. The molecule has 1 aromatic rings. The Morgan fingerprint density at radius 3 is 3.00 bits per heavy atom. The quantitative estimate of drug-likeness (QED) is 0.840. The fourth-order valence-electron chi connectivity index (χ4n) is 2.51. The van der Waals surface area contributed by atoms with Gasteiger partial charge in [-0.1, -0.05) is 18.2 Å². The molecule has 0 saturated carbocycles. The Kier molecular flexibility index (Phi) is 5.00. The monoisotopic (exact) mass is 358 g/mol. The molecule has 1 saturated heterocycles. The Labute approximate surface area is 122 Å². The van der Waals surface area contributed by atoms with Gasteiger partial charge in [0.15, 0.2) is 0 Å². The molecule has 0 radical (unpaired) electrons. The van der Waals surface area contributed by atoms with Gasteiger partial charge < -0.3 is 10.2 Å². The van der Waals surface area contributed by atoms with E-state index in [0.717, 1.165) is 25.9 Å². The summed E-state index contributed by atoms with van der Waals surface area (Å²) in [5.74, 6) is 0.270. The van der Waals surface area contributed by atoms with Crippen molar-refractivity contribution in [2.45, 2.75) is 25.3 Å². The summed E-state index contributed by atoms with van der Waals surface area (Å²) in [6, 6.07) is 8.66. The van der Waals surface area contributed by atoms with Gasteiger partial charge in [0.1, 0.15) is 0 Å². The Morgan fingerprint density at radius 2 is 2.28 bits per heavy atom. The third kappa shape index (κ3) is 3.03. The van der Waals surface area contributed by atoms with Gasteiger partial charge in [0.2, 0.25) is 5.91 Å². The average Bonchev–Trinajstić information content (AvgIpc) is 2.85. The second-order valence-electron chi connectivity index (χ2n) is 4.62. The van der Waals surface area contributed by atoms with Gasteiger partial charge >= 0.3 is 0 Å². The van der Waals surface area contributed by atoms with Crippen molar-refractivity contribution in [3.63, 3.8) is 0 Å². The predicted molar refractivity (Wildman–Crippen MR) is 81.4 cm³/mol. The van der Waals surface area contributed by atoms with Gasteiger partial charge in [-0.05, 0) is 54.1 Å². The van der Waals surface area contributed by atoms with E-state index in [1.54, 1.807) is 0 Å². The molecule has 2 rings (SSSR count). The van der Waals surface area contributed by atoms with Crippen molar-refractivity contribution in [1.29, 1.82) is 0 Å². The van der Waals surface area contributed by atoms with Crippen LogP contribution in [0.15, 0.2) is 24.3 Å². The minimum Gasteiger partial charge on any atom is -0.336 e. The van der Waals surface area contributed by atoms with Crippen LogP contribution in [0.5, 0.6) is 0 Å². The number of nitrogens with one attached hydrogen (secondary N) is 1. The molecule has 1 heterocycles. The molecule has 18 heavy (non-hydrogen) atoms. The Bertz CT molecular complexity index is 422. The molecule has 1 N–H and O–H groups in total. The van der Waals surface area contributed by atoms with Crippen LogP contribution in [0.2, 0.25) is 0 Å². The topological polar surface area (TPSA) is 32.3 Å². The summed E-state index contributed by atoms with van der Waals surface area (Å²) in [7, 11) is 1.88. The highest BCUT2D eigenvalue weighted by Gasteiger charge is 2.30. The van der Waals surface area contributed by atoms with Gasteiger partial charge in [0.05, 0.1) is 6.04 Å². The molecule has 1 aliphatic rings. The lowest BCUT2D eigenvalue weighted by Crippen LogP contribution is -2.32. The average molecular weight is 358 g/mol. The molecule has 0 aromatic heterocycles. The molecule has 1 aliphatic heterocycles. The zero-order valence-corrected chi connectivity index (χ0v) is 12.8. The van der Waals surface area contributed by atoms with Crippen molar-refractivity contribution >= 4 is 28.5 Å². The normalized spacial score (nSPS) is 19.2. The van der Waals surface area contributed by atoms with E-state index in [4.69, 9.17) is 0 Å². The van der Waals surface area contributed by atoms with E-state index in [-0.39, 0.29) is 11.9 Å². The number of carbonyl (C=O) groups excluding carboxylic acids is 1. The number of amides is 1. The maximum atomic E-state index is 12.2. The first-order chi connectivity index (χ1) is 8.74. The van der Waals surface area contributed by atoms with Crippen molar-refractivity contribution in [1.82, 2.24) is 10.2 Å². The largest absolute Gasteiger partial charge is 0.336 e. The number of hydrogen-bond donors (Lipinski definition) is 1. The maximum Gasteiger partial charge on any atom is 0.224 e. The van der Waals surface area contributed by atoms with Crippen LogP contribution in [0.3, 0.4) is 0 Å². The summed E-state index contributed by atoms with van der Waals surface area (Å²) >= 11 is 2.36. The zero-order valence-electron chi connectivity index (χ0n) is 10.7. The summed E-state index contributed by atoms with van der Waals surface area (Å²) in [6.07, 6.45) is 2.79. The highest BCUT2D eigenvalue weighted by atomic mass is 127. The number of carbonyl (C=O) groups is 1. The van der Waals surface area contributed by atoms with Crippen LogP contribution in [-0.2, 0) is 4.79 Å². The van der Waals surface area contributed by atoms with Crippen molar-refractivity contribution in [2.75, 3.05) is 20.1 Å².